The predicted octanol–water partition coefficient (Wildman–Crippen LogP) is 1.32. The monoisotopic (exact) mass is 340 g/mol. The topological polar surface area (TPSA) is 98.8 Å². The molecule has 1 atom stereocenters. The lowest BCUT2D eigenvalue weighted by atomic mass is 10.1. The molecule has 3 aromatic rings. The molecule has 4 heterocycles. The number of pyridine rings is 2. The van der Waals surface area contributed by atoms with Crippen LogP contribution in [0.15, 0.2) is 36.5 Å². The maximum absolute atomic E-state index is 9.94. The van der Waals surface area contributed by atoms with Gasteiger partial charge < -0.3 is 20.4 Å². The molecule has 1 aliphatic rings. The standard InChI is InChI=1S/C17H20N6O2/c24-11-13-9-12(6-7-18-13)19-17-20-15-4-1-5-16(23(15)21-17)22-8-2-3-14(25)10-22/h1,4-7,9,14,24-25H,2-3,8,10-11H2,(H,18,19,21). The van der Waals surface area contributed by atoms with Gasteiger partial charge in [0.2, 0.25) is 5.95 Å². The first-order chi connectivity index (χ1) is 12.2. The van der Waals surface area contributed by atoms with Crippen LogP contribution in [0.3, 0.4) is 0 Å². The van der Waals surface area contributed by atoms with Crippen LogP contribution in [-0.2, 0) is 6.61 Å². The van der Waals surface area contributed by atoms with Crippen molar-refractivity contribution < 1.29 is 10.2 Å². The molecule has 1 unspecified atom stereocenters. The number of hydrogen-bond donors (Lipinski definition) is 3. The third kappa shape index (κ3) is 3.26. The molecule has 0 spiro atoms. The van der Waals surface area contributed by atoms with Crippen LogP contribution in [0.5, 0.6) is 0 Å². The van der Waals surface area contributed by atoms with Crippen molar-refractivity contribution in [2.75, 3.05) is 23.3 Å². The summed E-state index contributed by atoms with van der Waals surface area (Å²) in [4.78, 5) is 10.7. The van der Waals surface area contributed by atoms with Gasteiger partial charge in [0, 0.05) is 25.0 Å². The van der Waals surface area contributed by atoms with Crippen LogP contribution in [0.1, 0.15) is 18.5 Å². The lowest BCUT2D eigenvalue weighted by Crippen LogP contribution is -2.39. The molecule has 130 valence electrons. The van der Waals surface area contributed by atoms with Crippen molar-refractivity contribution >= 4 is 23.1 Å². The van der Waals surface area contributed by atoms with E-state index in [4.69, 9.17) is 0 Å². The molecule has 0 bridgehead atoms. The zero-order chi connectivity index (χ0) is 17.2. The summed E-state index contributed by atoms with van der Waals surface area (Å²) in [5, 5.41) is 26.8. The summed E-state index contributed by atoms with van der Waals surface area (Å²) >= 11 is 0. The highest BCUT2D eigenvalue weighted by Crippen LogP contribution is 2.22. The molecule has 8 heteroatoms. The van der Waals surface area contributed by atoms with Crippen molar-refractivity contribution in [3.63, 3.8) is 0 Å². The summed E-state index contributed by atoms with van der Waals surface area (Å²) in [6, 6.07) is 9.38. The number of aliphatic hydroxyl groups excluding tert-OH is 2. The minimum atomic E-state index is -0.307. The van der Waals surface area contributed by atoms with Crippen molar-refractivity contribution in [1.29, 1.82) is 0 Å². The molecule has 3 N–H and O–H groups in total. The highest BCUT2D eigenvalue weighted by molar-refractivity contribution is 5.58. The number of fused-ring (bicyclic) bond motifs is 1. The minimum Gasteiger partial charge on any atom is -0.391 e. The van der Waals surface area contributed by atoms with E-state index in [-0.39, 0.29) is 12.7 Å². The smallest absolute Gasteiger partial charge is 0.247 e. The Kier molecular flexibility index (Phi) is 4.21. The van der Waals surface area contributed by atoms with Crippen LogP contribution in [0.25, 0.3) is 5.65 Å². The molecule has 8 nitrogen and oxygen atoms in total. The lowest BCUT2D eigenvalue weighted by Gasteiger charge is -2.31. The van der Waals surface area contributed by atoms with E-state index in [0.717, 1.165) is 36.5 Å². The van der Waals surface area contributed by atoms with Gasteiger partial charge in [-0.2, -0.15) is 9.50 Å². The van der Waals surface area contributed by atoms with Crippen LogP contribution < -0.4 is 10.2 Å². The van der Waals surface area contributed by atoms with Gasteiger partial charge in [-0.3, -0.25) is 4.98 Å². The normalized spacial score (nSPS) is 17.8. The second-order valence-corrected chi connectivity index (χ2v) is 6.15. The maximum atomic E-state index is 9.94. The van der Waals surface area contributed by atoms with Gasteiger partial charge in [0.1, 0.15) is 5.82 Å². The van der Waals surface area contributed by atoms with Gasteiger partial charge in [0.25, 0.3) is 0 Å². The highest BCUT2D eigenvalue weighted by Gasteiger charge is 2.20. The van der Waals surface area contributed by atoms with Gasteiger partial charge >= 0.3 is 0 Å². The van der Waals surface area contributed by atoms with Crippen molar-refractivity contribution in [3.8, 4) is 0 Å². The molecule has 3 aromatic heterocycles. The average molecular weight is 340 g/mol. The fourth-order valence-corrected chi connectivity index (χ4v) is 3.12. The van der Waals surface area contributed by atoms with Crippen LogP contribution in [0, 0.1) is 0 Å². The van der Waals surface area contributed by atoms with Crippen LogP contribution >= 0.6 is 0 Å². The Morgan fingerprint density at radius 1 is 1.28 bits per heavy atom. The second kappa shape index (κ2) is 6.66. The van der Waals surface area contributed by atoms with Gasteiger partial charge in [-0.1, -0.05) is 6.07 Å². The Balaban J connectivity index is 1.64. The number of nitrogens with one attached hydrogen (secondary N) is 1. The zero-order valence-electron chi connectivity index (χ0n) is 13.7. The van der Waals surface area contributed by atoms with Crippen molar-refractivity contribution in [3.05, 3.63) is 42.2 Å². The molecule has 4 rings (SSSR count). The van der Waals surface area contributed by atoms with E-state index in [2.05, 4.69) is 25.3 Å². The number of rotatable bonds is 4. The van der Waals surface area contributed by atoms with Crippen molar-refractivity contribution in [1.82, 2.24) is 19.6 Å². The second-order valence-electron chi connectivity index (χ2n) is 6.15. The van der Waals surface area contributed by atoms with E-state index in [1.54, 1.807) is 22.8 Å². The maximum Gasteiger partial charge on any atom is 0.247 e. The fraction of sp³-hybridized carbons (Fsp3) is 0.353. The number of aliphatic hydroxyl groups is 2. The molecular formula is C17H20N6O2. The Morgan fingerprint density at radius 3 is 3.04 bits per heavy atom. The van der Waals surface area contributed by atoms with Crippen molar-refractivity contribution in [2.24, 2.45) is 0 Å². The Hall–Kier alpha value is -2.71. The summed E-state index contributed by atoms with van der Waals surface area (Å²) in [5.41, 5.74) is 2.08. The summed E-state index contributed by atoms with van der Waals surface area (Å²) in [6.45, 7) is 1.38. The summed E-state index contributed by atoms with van der Waals surface area (Å²) in [5.74, 6) is 1.39. The van der Waals surface area contributed by atoms with Gasteiger partial charge in [0.05, 0.1) is 18.4 Å². The molecule has 0 aromatic carbocycles. The quantitative estimate of drug-likeness (QED) is 0.659. The van der Waals surface area contributed by atoms with E-state index in [1.807, 2.05) is 18.2 Å². The summed E-state index contributed by atoms with van der Waals surface area (Å²) in [6.07, 6.45) is 3.12. The van der Waals surface area contributed by atoms with Crippen molar-refractivity contribution in [2.45, 2.75) is 25.6 Å². The average Bonchev–Trinajstić information content (AvgIpc) is 3.04. The van der Waals surface area contributed by atoms with E-state index < -0.39 is 0 Å². The third-order valence-electron chi connectivity index (χ3n) is 4.29. The molecule has 0 amide bonds. The minimum absolute atomic E-state index is 0.116. The molecule has 0 radical (unpaired) electrons. The molecule has 1 fully saturated rings. The molecule has 0 aliphatic carbocycles. The zero-order valence-corrected chi connectivity index (χ0v) is 13.7. The lowest BCUT2D eigenvalue weighted by molar-refractivity contribution is 0.153. The number of anilines is 3. The first kappa shape index (κ1) is 15.8. The van der Waals surface area contributed by atoms with E-state index in [0.29, 0.717) is 18.2 Å². The van der Waals surface area contributed by atoms with Gasteiger partial charge in [0.15, 0.2) is 5.65 Å². The first-order valence-electron chi connectivity index (χ1n) is 8.34. The van der Waals surface area contributed by atoms with Crippen LogP contribution in [-0.4, -0.2) is 49.0 Å². The Morgan fingerprint density at radius 2 is 2.20 bits per heavy atom. The molecule has 25 heavy (non-hydrogen) atoms. The Labute approximate surface area is 144 Å². The largest absolute Gasteiger partial charge is 0.391 e. The Bertz CT molecular complexity index is 880. The molecule has 0 saturated carbocycles. The highest BCUT2D eigenvalue weighted by atomic mass is 16.3. The van der Waals surface area contributed by atoms with Gasteiger partial charge in [-0.25, -0.2) is 0 Å². The number of β-amino-alcohol motifs (C(OH)–C–C–N with tert-alkyl or cyclic N) is 1. The van der Waals surface area contributed by atoms with Crippen LogP contribution in [0.4, 0.5) is 17.5 Å². The number of piperidine rings is 1. The fourth-order valence-electron chi connectivity index (χ4n) is 3.12. The van der Waals surface area contributed by atoms with E-state index >= 15 is 0 Å². The molecule has 1 aliphatic heterocycles. The summed E-state index contributed by atoms with van der Waals surface area (Å²) < 4.78 is 1.79. The van der Waals surface area contributed by atoms with Gasteiger partial charge in [-0.15, -0.1) is 5.10 Å². The SMILES string of the molecule is OCc1cc(Nc2nc3cccc(N4CCCC(O)C4)n3n2)ccn1. The summed E-state index contributed by atoms with van der Waals surface area (Å²) in [7, 11) is 0. The first-order valence-corrected chi connectivity index (χ1v) is 8.34. The van der Waals surface area contributed by atoms with Crippen LogP contribution in [0.2, 0.25) is 0 Å². The molecular weight excluding hydrogens is 320 g/mol. The predicted molar refractivity (Wildman–Crippen MR) is 93.9 cm³/mol. The van der Waals surface area contributed by atoms with E-state index in [9.17, 15) is 10.2 Å². The molecule has 1 saturated heterocycles. The number of hydrogen-bond acceptors (Lipinski definition) is 7. The van der Waals surface area contributed by atoms with Gasteiger partial charge in [-0.05, 0) is 37.1 Å². The number of nitrogens with zero attached hydrogens (tertiary/aromatic N) is 5. The number of aromatic nitrogens is 4. The van der Waals surface area contributed by atoms with E-state index in [1.165, 1.54) is 0 Å². The third-order valence-corrected chi connectivity index (χ3v) is 4.29.